The normalized spacial score (nSPS) is 10.6. The van der Waals surface area contributed by atoms with Gasteiger partial charge in [0.25, 0.3) is 11.8 Å². The molecule has 0 fully saturated rings. The lowest BCUT2D eigenvalue weighted by molar-refractivity contribution is -0.117. The van der Waals surface area contributed by atoms with Gasteiger partial charge in [0.05, 0.1) is 24.9 Å². The first-order valence-electron chi connectivity index (χ1n) is 10.5. The molecule has 4 rings (SSSR count). The lowest BCUT2D eigenvalue weighted by Gasteiger charge is -2.09. The number of halogens is 2. The molecular weight excluding hydrogens is 526 g/mol. The number of aromatic nitrogens is 3. The molecule has 4 aromatic rings. The van der Waals surface area contributed by atoms with Crippen molar-refractivity contribution in [2.45, 2.75) is 0 Å². The van der Waals surface area contributed by atoms with Gasteiger partial charge in [0.15, 0.2) is 5.13 Å². The highest BCUT2D eigenvalue weighted by atomic mass is 32.1. The van der Waals surface area contributed by atoms with Crippen LogP contribution in [0, 0.1) is 11.6 Å². The topological polar surface area (TPSA) is 200 Å². The Morgan fingerprint density at radius 3 is 2.63 bits per heavy atom. The van der Waals surface area contributed by atoms with Crippen molar-refractivity contribution in [1.29, 1.82) is 0 Å². The zero-order valence-electron chi connectivity index (χ0n) is 19.4. The van der Waals surface area contributed by atoms with Crippen LogP contribution in [0.25, 0.3) is 22.2 Å². The first-order chi connectivity index (χ1) is 18.1. The van der Waals surface area contributed by atoms with Crippen LogP contribution in [0.4, 0.5) is 30.2 Å². The molecule has 2 heterocycles. The number of hydrogen-bond donors (Lipinski definition) is 5. The summed E-state index contributed by atoms with van der Waals surface area (Å²) in [6.45, 7) is -0.391. The van der Waals surface area contributed by atoms with Crippen molar-refractivity contribution in [2.24, 2.45) is 5.73 Å². The Balaban J connectivity index is 1.56. The van der Waals surface area contributed by atoms with Crippen LogP contribution in [-0.2, 0) is 4.79 Å². The van der Waals surface area contributed by atoms with E-state index >= 15 is 0 Å². The minimum Gasteiger partial charge on any atom is -0.497 e. The number of urea groups is 1. The average Bonchev–Trinajstić information content (AvgIpc) is 3.50. The second-order valence-electron chi connectivity index (χ2n) is 7.43. The number of carbonyl (C=O) groups excluding carboxylic acids is 3. The molecule has 4 amide bonds. The van der Waals surface area contributed by atoms with Gasteiger partial charge in [-0.1, -0.05) is 22.6 Å². The molecule has 0 saturated carbocycles. The van der Waals surface area contributed by atoms with E-state index in [0.717, 1.165) is 17.4 Å². The van der Waals surface area contributed by atoms with Crippen molar-refractivity contribution in [3.05, 3.63) is 53.6 Å². The highest BCUT2D eigenvalue weighted by Gasteiger charge is 2.22. The van der Waals surface area contributed by atoms with E-state index in [-0.39, 0.29) is 44.4 Å². The number of nitrogens with one attached hydrogen (secondary N) is 3. The molecule has 0 bridgehead atoms. The number of rotatable bonds is 8. The van der Waals surface area contributed by atoms with Crippen LogP contribution < -0.4 is 32.2 Å². The van der Waals surface area contributed by atoms with E-state index in [2.05, 4.69) is 31.1 Å². The summed E-state index contributed by atoms with van der Waals surface area (Å²) in [6.07, 6.45) is 0. The molecule has 0 aliphatic heterocycles. The summed E-state index contributed by atoms with van der Waals surface area (Å²) < 4.78 is 39.3. The van der Waals surface area contributed by atoms with Gasteiger partial charge in [0, 0.05) is 11.6 Å². The smallest absolute Gasteiger partial charge is 0.321 e. The molecule has 0 atom stereocenters. The summed E-state index contributed by atoms with van der Waals surface area (Å²) in [4.78, 5) is 43.4. The summed E-state index contributed by atoms with van der Waals surface area (Å²) in [5.74, 6) is -3.53. The monoisotopic (exact) mass is 544 g/mol. The SMILES string of the molecule is COc1cccc(C(=O)Nc2cc(-c3noc(-c4sc(NC(=O)NCC(N)=O)nc4N)n3)c(F)cc2F)c1. The first-order valence-corrected chi connectivity index (χ1v) is 11.3. The predicted molar refractivity (Wildman–Crippen MR) is 132 cm³/mol. The Labute approximate surface area is 216 Å². The Morgan fingerprint density at radius 1 is 1.11 bits per heavy atom. The molecule has 38 heavy (non-hydrogen) atoms. The van der Waals surface area contributed by atoms with Gasteiger partial charge in [-0.05, 0) is 24.3 Å². The summed E-state index contributed by atoms with van der Waals surface area (Å²) in [7, 11) is 1.43. The third-order valence-electron chi connectivity index (χ3n) is 4.80. The molecule has 0 saturated heterocycles. The third kappa shape index (κ3) is 5.81. The number of amides is 4. The van der Waals surface area contributed by atoms with Crippen LogP contribution in [0.1, 0.15) is 10.4 Å². The number of benzene rings is 2. The van der Waals surface area contributed by atoms with Gasteiger partial charge in [-0.3, -0.25) is 14.9 Å². The molecule has 2 aromatic heterocycles. The quantitative estimate of drug-likeness (QED) is 0.221. The van der Waals surface area contributed by atoms with Crippen LogP contribution >= 0.6 is 11.3 Å². The van der Waals surface area contributed by atoms with Crippen molar-refractivity contribution in [3.8, 4) is 27.9 Å². The summed E-state index contributed by atoms with van der Waals surface area (Å²) >= 11 is 0.861. The Kier molecular flexibility index (Phi) is 7.43. The molecule has 196 valence electrons. The molecule has 0 unspecified atom stereocenters. The number of primary amides is 1. The van der Waals surface area contributed by atoms with Gasteiger partial charge in [0.2, 0.25) is 11.7 Å². The van der Waals surface area contributed by atoms with Crippen LogP contribution in [-0.4, -0.2) is 46.6 Å². The molecule has 7 N–H and O–H groups in total. The zero-order valence-corrected chi connectivity index (χ0v) is 20.2. The summed E-state index contributed by atoms with van der Waals surface area (Å²) in [6, 6.07) is 6.99. The highest BCUT2D eigenvalue weighted by molar-refractivity contribution is 7.19. The van der Waals surface area contributed by atoms with Crippen molar-refractivity contribution >= 4 is 45.8 Å². The van der Waals surface area contributed by atoms with E-state index in [1.165, 1.54) is 19.2 Å². The second kappa shape index (κ2) is 10.9. The van der Waals surface area contributed by atoms with Crippen LogP contribution in [0.5, 0.6) is 5.75 Å². The fraction of sp³-hybridized carbons (Fsp3) is 0.0909. The van der Waals surface area contributed by atoms with Crippen LogP contribution in [0.3, 0.4) is 0 Å². The van der Waals surface area contributed by atoms with Crippen molar-refractivity contribution in [2.75, 3.05) is 30.0 Å². The van der Waals surface area contributed by atoms with E-state index < -0.39 is 36.0 Å². The Hall–Kier alpha value is -5.12. The van der Waals surface area contributed by atoms with Gasteiger partial charge in [0.1, 0.15) is 28.1 Å². The molecule has 16 heteroatoms. The standard InChI is InChI=1S/C22H18F2N8O5S/c1-36-10-4-2-3-9(5-10)19(34)28-14-6-11(12(23)7-13(14)24)18-30-20(37-32-18)16-17(26)29-22(38-16)31-21(35)27-8-15(25)33/h2-7H,8,26H2,1H3,(H2,25,33)(H,28,34)(H2,27,29,31,35). The molecule has 0 aliphatic carbocycles. The number of hydrogen-bond acceptors (Lipinski definition) is 10. The minimum absolute atomic E-state index is 0.0368. The minimum atomic E-state index is -1.02. The maximum Gasteiger partial charge on any atom is 0.321 e. The average molecular weight is 545 g/mol. The van der Waals surface area contributed by atoms with Crippen molar-refractivity contribution < 1.29 is 32.4 Å². The highest BCUT2D eigenvalue weighted by Crippen LogP contribution is 2.35. The number of carbonyl (C=O) groups is 3. The molecule has 0 radical (unpaired) electrons. The van der Waals surface area contributed by atoms with Gasteiger partial charge in [-0.25, -0.2) is 18.6 Å². The van der Waals surface area contributed by atoms with Crippen LogP contribution in [0.2, 0.25) is 0 Å². The van der Waals surface area contributed by atoms with E-state index in [1.54, 1.807) is 12.1 Å². The largest absolute Gasteiger partial charge is 0.497 e. The van der Waals surface area contributed by atoms with Gasteiger partial charge < -0.3 is 31.4 Å². The maximum atomic E-state index is 14.6. The second-order valence-corrected chi connectivity index (χ2v) is 8.43. The van der Waals surface area contributed by atoms with Crippen molar-refractivity contribution in [1.82, 2.24) is 20.4 Å². The summed E-state index contributed by atoms with van der Waals surface area (Å²) in [5.41, 5.74) is 10.4. The lowest BCUT2D eigenvalue weighted by Crippen LogP contribution is -2.36. The molecule has 0 spiro atoms. The fourth-order valence-electron chi connectivity index (χ4n) is 3.05. The molecule has 2 aromatic carbocycles. The van der Waals surface area contributed by atoms with E-state index in [1.807, 2.05) is 0 Å². The predicted octanol–water partition coefficient (Wildman–Crippen LogP) is 2.59. The van der Waals surface area contributed by atoms with E-state index in [9.17, 15) is 23.2 Å². The number of nitrogen functional groups attached to an aromatic ring is 1. The first kappa shape index (κ1) is 26.0. The molecule has 13 nitrogen and oxygen atoms in total. The van der Waals surface area contributed by atoms with E-state index in [4.69, 9.17) is 20.7 Å². The molecule has 0 aliphatic rings. The number of methoxy groups -OCH3 is 1. The number of ether oxygens (including phenoxy) is 1. The number of nitrogens with zero attached hydrogens (tertiary/aromatic N) is 3. The van der Waals surface area contributed by atoms with Gasteiger partial charge in [-0.2, -0.15) is 4.98 Å². The Morgan fingerprint density at radius 2 is 1.89 bits per heavy atom. The fourth-order valence-corrected chi connectivity index (χ4v) is 3.85. The van der Waals surface area contributed by atoms with Crippen molar-refractivity contribution in [3.63, 3.8) is 0 Å². The number of anilines is 3. The molecular formula is C22H18F2N8O5S. The van der Waals surface area contributed by atoms with E-state index in [0.29, 0.717) is 11.8 Å². The van der Waals surface area contributed by atoms with Crippen LogP contribution in [0.15, 0.2) is 40.9 Å². The lowest BCUT2D eigenvalue weighted by atomic mass is 10.1. The number of nitrogens with two attached hydrogens (primary N) is 2. The summed E-state index contributed by atoms with van der Waals surface area (Å²) in [5, 5.41) is 10.7. The third-order valence-corrected chi connectivity index (χ3v) is 5.77. The zero-order chi connectivity index (χ0) is 27.4. The Bertz CT molecular complexity index is 1540. The number of thiazole rings is 1. The maximum absolute atomic E-state index is 14.6. The van der Waals surface area contributed by atoms with Gasteiger partial charge in [-0.15, -0.1) is 0 Å². The van der Waals surface area contributed by atoms with Gasteiger partial charge >= 0.3 is 6.03 Å².